The first kappa shape index (κ1) is 29.0. The lowest BCUT2D eigenvalue weighted by Gasteiger charge is -2.48. The molecule has 1 saturated heterocycles. The fraction of sp³-hybridized carbons (Fsp3) is 1.00. The molecule has 2 N–H and O–H groups in total. The molecule has 31 heavy (non-hydrogen) atoms. The highest BCUT2D eigenvalue weighted by molar-refractivity contribution is 6.59. The third-order valence-corrected chi connectivity index (χ3v) is 9.88. The fourth-order valence-corrected chi connectivity index (χ4v) is 6.90. The zero-order valence-electron chi connectivity index (χ0n) is 21.6. The van der Waals surface area contributed by atoms with Gasteiger partial charge in [-0.15, -0.1) is 0 Å². The maximum absolute atomic E-state index is 11.1. The van der Waals surface area contributed by atoms with Crippen molar-refractivity contribution >= 4 is 8.80 Å². The highest BCUT2D eigenvalue weighted by Crippen LogP contribution is 2.34. The molecule has 1 aliphatic heterocycles. The highest BCUT2D eigenvalue weighted by Gasteiger charge is 2.47. The third-order valence-electron chi connectivity index (χ3n) is 7.58. The van der Waals surface area contributed by atoms with Gasteiger partial charge in [-0.2, -0.15) is 0 Å². The monoisotopic (exact) mass is 462 g/mol. The number of hydrogen-bond acceptors (Lipinski definition) is 4. The van der Waals surface area contributed by atoms with Crippen molar-refractivity contribution in [1.82, 2.24) is 0 Å². The molecule has 0 bridgehead atoms. The highest BCUT2D eigenvalue weighted by atomic mass is 28.4. The molecule has 0 aromatic heterocycles. The Morgan fingerprint density at radius 2 is 1.29 bits per heavy atom. The van der Waals surface area contributed by atoms with E-state index in [0.717, 1.165) is 41.2 Å². The van der Waals surface area contributed by atoms with Crippen LogP contribution in [0.1, 0.15) is 78.1 Å². The summed E-state index contributed by atoms with van der Waals surface area (Å²) in [6, 6.07) is 0.653. The lowest BCUT2D eigenvalue weighted by atomic mass is 9.85. The normalized spacial score (nSPS) is 25.9. The van der Waals surface area contributed by atoms with Crippen LogP contribution in [0.4, 0.5) is 0 Å². The number of nitrogens with zero attached hydrogens (tertiary/aromatic N) is 2. The van der Waals surface area contributed by atoms with Crippen molar-refractivity contribution in [2.75, 3.05) is 67.6 Å². The molecular formula is C24H54N2O4Si+2. The van der Waals surface area contributed by atoms with E-state index in [-0.39, 0.29) is 12.1 Å². The second-order valence-electron chi connectivity index (χ2n) is 10.9. The summed E-state index contributed by atoms with van der Waals surface area (Å²) < 4.78 is 14.0. The lowest BCUT2D eigenvalue weighted by molar-refractivity contribution is -0.926. The Morgan fingerprint density at radius 3 is 1.71 bits per heavy atom. The van der Waals surface area contributed by atoms with E-state index in [0.29, 0.717) is 19.3 Å². The number of quaternary nitrogens is 2. The van der Waals surface area contributed by atoms with Gasteiger partial charge < -0.3 is 27.7 Å². The van der Waals surface area contributed by atoms with Crippen molar-refractivity contribution in [2.24, 2.45) is 0 Å². The Morgan fingerprint density at radius 1 is 0.806 bits per heavy atom. The van der Waals surface area contributed by atoms with Crippen molar-refractivity contribution < 1.29 is 27.7 Å². The quantitative estimate of drug-likeness (QED) is 0.221. The summed E-state index contributed by atoms with van der Waals surface area (Å²) in [7, 11) is 5.80. The molecule has 0 saturated carbocycles. The first-order valence-corrected chi connectivity index (χ1v) is 14.8. The first-order valence-electron chi connectivity index (χ1n) is 12.8. The molecule has 1 heterocycles. The Bertz CT molecular complexity index is 465. The Balaban J connectivity index is 2.63. The van der Waals surface area contributed by atoms with Gasteiger partial charge in [0.15, 0.2) is 0 Å². The van der Waals surface area contributed by atoms with Crippen LogP contribution in [0.2, 0.25) is 6.04 Å². The molecule has 1 rings (SSSR count). The number of aliphatic hydroxyl groups is 1. The summed E-state index contributed by atoms with van der Waals surface area (Å²) in [5.41, 5.74) is -0.0709. The maximum atomic E-state index is 11.1. The Hall–Kier alpha value is -0.0231. The zero-order chi connectivity index (χ0) is 23.4. The van der Waals surface area contributed by atoms with E-state index in [9.17, 15) is 9.90 Å². The summed E-state index contributed by atoms with van der Waals surface area (Å²) >= 11 is 0. The van der Waals surface area contributed by atoms with Crippen molar-refractivity contribution in [3.8, 4) is 0 Å². The van der Waals surface area contributed by atoms with Gasteiger partial charge in [0, 0.05) is 51.5 Å². The third kappa shape index (κ3) is 9.78. The van der Waals surface area contributed by atoms with Crippen molar-refractivity contribution in [1.29, 1.82) is 0 Å². The zero-order valence-corrected chi connectivity index (χ0v) is 22.6. The van der Waals surface area contributed by atoms with Crippen LogP contribution in [-0.4, -0.2) is 101 Å². The second kappa shape index (κ2) is 13.6. The second-order valence-corrected chi connectivity index (χ2v) is 13.4. The van der Waals surface area contributed by atoms with E-state index in [1.807, 2.05) is 0 Å². The molecule has 1 aliphatic rings. The molecule has 6 nitrogen and oxygen atoms in total. The van der Waals surface area contributed by atoms with Crippen molar-refractivity contribution in [3.63, 3.8) is 0 Å². The van der Waals surface area contributed by atoms with Crippen LogP contribution in [0.25, 0.3) is 0 Å². The van der Waals surface area contributed by atoms with Gasteiger partial charge >= 0.3 is 8.80 Å². The number of unbranched alkanes of at least 4 members (excludes halogenated alkanes) is 4. The van der Waals surface area contributed by atoms with Crippen LogP contribution in [-0.2, 0) is 8.85 Å². The van der Waals surface area contributed by atoms with E-state index in [2.05, 4.69) is 42.0 Å². The van der Waals surface area contributed by atoms with E-state index < -0.39 is 8.80 Å². The molecule has 0 unspecified atom stereocenters. The van der Waals surface area contributed by atoms with Gasteiger partial charge in [-0.25, -0.2) is 0 Å². The number of hydrogen-bond donors (Lipinski definition) is 2. The minimum absolute atomic E-state index is 0.0709. The average molecular weight is 463 g/mol. The largest absolute Gasteiger partial charge is 0.498 e. The fourth-order valence-electron chi connectivity index (χ4n) is 5.08. The summed E-state index contributed by atoms with van der Waals surface area (Å²) in [6.45, 7) is 9.26. The average Bonchev–Trinajstić information content (AvgIpc) is 2.66. The molecule has 0 aliphatic carbocycles. The summed E-state index contributed by atoms with van der Waals surface area (Å²) in [5, 5.41) is 9.62. The van der Waals surface area contributed by atoms with E-state index >= 15 is 0 Å². The van der Waals surface area contributed by atoms with Crippen molar-refractivity contribution in [2.45, 2.75) is 89.6 Å². The van der Waals surface area contributed by atoms with Crippen LogP contribution in [0.5, 0.6) is 0 Å². The molecule has 0 atom stereocenters. The minimum atomic E-state index is -3.12. The first-order chi connectivity index (χ1) is 14.6. The lowest BCUT2D eigenvalue weighted by Crippen LogP contribution is -2.60. The predicted molar refractivity (Wildman–Crippen MR) is 131 cm³/mol. The molecule has 0 spiro atoms. The number of aliphatic hydroxyl groups excluding tert-OH is 1. The smallest absolute Gasteiger partial charge is 0.396 e. The molecule has 1 fully saturated rings. The molecule has 0 amide bonds. The minimum Gasteiger partial charge on any atom is -0.396 e. The van der Waals surface area contributed by atoms with Gasteiger partial charge in [0.1, 0.15) is 5.54 Å². The van der Waals surface area contributed by atoms with Crippen LogP contribution in [0.15, 0.2) is 0 Å². The summed E-state index contributed by atoms with van der Waals surface area (Å²) in [4.78, 5) is 11.1. The molecule has 0 aromatic rings. The van der Waals surface area contributed by atoms with E-state index in [1.54, 1.807) is 0 Å². The topological polar surface area (TPSA) is 58.9 Å². The SMILES string of the molecule is CCCCC[N+](C)(CCCCC)CCC[Si]1(O)OCCC(CCO)([N+](C)(C)C)CCO1. The van der Waals surface area contributed by atoms with Gasteiger partial charge in [0.25, 0.3) is 0 Å². The molecule has 186 valence electrons. The van der Waals surface area contributed by atoms with Crippen LogP contribution in [0, 0.1) is 0 Å². The van der Waals surface area contributed by atoms with Crippen LogP contribution in [0.3, 0.4) is 0 Å². The summed E-state index contributed by atoms with van der Waals surface area (Å²) in [5.74, 6) is 0. The van der Waals surface area contributed by atoms with Crippen LogP contribution < -0.4 is 0 Å². The number of rotatable bonds is 15. The molecular weight excluding hydrogens is 408 g/mol. The van der Waals surface area contributed by atoms with Crippen molar-refractivity contribution in [3.05, 3.63) is 0 Å². The van der Waals surface area contributed by atoms with Gasteiger partial charge in [-0.3, -0.25) is 0 Å². The van der Waals surface area contributed by atoms with E-state index in [1.165, 1.54) is 51.6 Å². The van der Waals surface area contributed by atoms with Gasteiger partial charge in [0.2, 0.25) is 0 Å². The molecule has 7 heteroatoms. The Kier molecular flexibility index (Phi) is 12.8. The van der Waals surface area contributed by atoms with E-state index in [4.69, 9.17) is 8.85 Å². The van der Waals surface area contributed by atoms with Gasteiger partial charge in [-0.1, -0.05) is 26.7 Å². The predicted octanol–water partition coefficient (Wildman–Crippen LogP) is 3.79. The Labute approximate surface area is 194 Å². The van der Waals surface area contributed by atoms with Gasteiger partial charge in [-0.05, 0) is 25.7 Å². The van der Waals surface area contributed by atoms with Gasteiger partial charge in [0.05, 0.1) is 47.8 Å². The maximum Gasteiger partial charge on any atom is 0.498 e. The molecule has 0 aromatic carbocycles. The standard InChI is InChI=1S/C24H54N2O4Si/c1-7-9-11-17-26(6,18-12-10-8-2)19-13-23-31(28)29-21-15-24(14-20-27,16-22-30-31)25(3,4)5/h27-28H,7-23H2,1-6H3/q+2. The van der Waals surface area contributed by atoms with Crippen LogP contribution >= 0.6 is 0 Å². The molecule has 0 radical (unpaired) electrons. The summed E-state index contributed by atoms with van der Waals surface area (Å²) in [6.07, 6.45) is 11.1.